The van der Waals surface area contributed by atoms with Gasteiger partial charge in [-0.25, -0.2) is 9.59 Å². The Morgan fingerprint density at radius 2 is 1.70 bits per heavy atom. The Balaban J connectivity index is 3.44. The molecular weight excluding hydrogens is 258 g/mol. The fourth-order valence-corrected chi connectivity index (χ4v) is 1.91. The number of benzene rings is 1. The van der Waals surface area contributed by atoms with Crippen LogP contribution in [0.4, 0.5) is 5.69 Å². The summed E-state index contributed by atoms with van der Waals surface area (Å²) >= 11 is 0. The third-order valence-corrected chi connectivity index (χ3v) is 2.85. The summed E-state index contributed by atoms with van der Waals surface area (Å²) in [6, 6.07) is 3.28. The maximum absolute atomic E-state index is 12.2. The van der Waals surface area contributed by atoms with Gasteiger partial charge in [0.25, 0.3) is 0 Å². The van der Waals surface area contributed by atoms with E-state index in [4.69, 9.17) is 10.5 Å². The number of carbonyl (C=O) groups excluding carboxylic acids is 2. The first-order chi connectivity index (χ1) is 9.29. The molecule has 0 aliphatic carbocycles. The minimum atomic E-state index is -0.611. The van der Waals surface area contributed by atoms with Crippen LogP contribution in [0.1, 0.15) is 59.9 Å². The highest BCUT2D eigenvalue weighted by Crippen LogP contribution is 2.29. The SMILES string of the molecule is COC(=O)c1ccc(C(C)C)c(N)c1C(=O)OC(C)C. The standard InChI is InChI=1S/C15H21NO4/c1-8(2)10-6-7-11(14(17)19-5)12(13(10)16)15(18)20-9(3)4/h6-9H,16H2,1-5H3. The number of anilines is 1. The predicted octanol–water partition coefficient (Wildman–Crippen LogP) is 2.74. The van der Waals surface area contributed by atoms with Crippen molar-refractivity contribution in [2.45, 2.75) is 39.7 Å². The van der Waals surface area contributed by atoms with E-state index < -0.39 is 11.9 Å². The number of carbonyl (C=O) groups is 2. The highest BCUT2D eigenvalue weighted by molar-refractivity contribution is 6.07. The topological polar surface area (TPSA) is 78.6 Å². The first-order valence-electron chi connectivity index (χ1n) is 6.51. The third-order valence-electron chi connectivity index (χ3n) is 2.85. The van der Waals surface area contributed by atoms with Gasteiger partial charge in [0.2, 0.25) is 0 Å². The smallest absolute Gasteiger partial charge is 0.341 e. The maximum atomic E-state index is 12.2. The molecule has 0 aromatic heterocycles. The van der Waals surface area contributed by atoms with Crippen LogP contribution in [0, 0.1) is 0 Å². The highest BCUT2D eigenvalue weighted by Gasteiger charge is 2.25. The summed E-state index contributed by atoms with van der Waals surface area (Å²) in [6.07, 6.45) is -0.296. The number of rotatable bonds is 4. The molecule has 0 aliphatic rings. The number of hydrogen-bond donors (Lipinski definition) is 1. The summed E-state index contributed by atoms with van der Waals surface area (Å²) in [5.74, 6) is -1.09. The van der Waals surface area contributed by atoms with Crippen LogP contribution in [0.25, 0.3) is 0 Å². The van der Waals surface area contributed by atoms with Crippen molar-refractivity contribution in [3.05, 3.63) is 28.8 Å². The fraction of sp³-hybridized carbons (Fsp3) is 0.467. The van der Waals surface area contributed by atoms with Crippen LogP contribution in [0.3, 0.4) is 0 Å². The van der Waals surface area contributed by atoms with E-state index in [-0.39, 0.29) is 28.8 Å². The molecule has 2 N–H and O–H groups in total. The van der Waals surface area contributed by atoms with Gasteiger partial charge in [0.15, 0.2) is 0 Å². The summed E-state index contributed by atoms with van der Waals surface area (Å²) < 4.78 is 9.85. The molecule has 110 valence electrons. The Labute approximate surface area is 119 Å². The quantitative estimate of drug-likeness (QED) is 0.677. The van der Waals surface area contributed by atoms with E-state index >= 15 is 0 Å². The van der Waals surface area contributed by atoms with Crippen LogP contribution >= 0.6 is 0 Å². The van der Waals surface area contributed by atoms with Crippen molar-refractivity contribution < 1.29 is 19.1 Å². The number of ether oxygens (including phenoxy) is 2. The summed E-state index contributed by atoms with van der Waals surface area (Å²) in [6.45, 7) is 7.39. The minimum Gasteiger partial charge on any atom is -0.465 e. The zero-order valence-electron chi connectivity index (χ0n) is 12.5. The molecule has 0 atom stereocenters. The molecule has 1 rings (SSSR count). The Hall–Kier alpha value is -2.04. The molecule has 0 saturated heterocycles. The molecule has 0 bridgehead atoms. The number of nitrogen functional groups attached to an aromatic ring is 1. The lowest BCUT2D eigenvalue weighted by atomic mass is 9.94. The van der Waals surface area contributed by atoms with Crippen LogP contribution in [0.2, 0.25) is 0 Å². The van der Waals surface area contributed by atoms with Crippen molar-refractivity contribution in [3.63, 3.8) is 0 Å². The van der Waals surface area contributed by atoms with E-state index in [1.165, 1.54) is 7.11 Å². The molecule has 1 aromatic carbocycles. The summed E-state index contributed by atoms with van der Waals surface area (Å²) in [5, 5.41) is 0. The van der Waals surface area contributed by atoms with E-state index in [9.17, 15) is 9.59 Å². The van der Waals surface area contributed by atoms with Gasteiger partial charge >= 0.3 is 11.9 Å². The molecule has 1 aromatic rings. The lowest BCUT2D eigenvalue weighted by molar-refractivity contribution is 0.0369. The molecule has 0 aliphatic heterocycles. The molecule has 20 heavy (non-hydrogen) atoms. The van der Waals surface area contributed by atoms with Crippen LogP contribution in [0.5, 0.6) is 0 Å². The summed E-state index contributed by atoms with van der Waals surface area (Å²) in [7, 11) is 1.26. The first kappa shape index (κ1) is 16.0. The van der Waals surface area contributed by atoms with Gasteiger partial charge in [-0.15, -0.1) is 0 Å². The normalized spacial score (nSPS) is 10.8. The van der Waals surface area contributed by atoms with Crippen LogP contribution in [-0.4, -0.2) is 25.2 Å². The zero-order chi connectivity index (χ0) is 15.4. The largest absolute Gasteiger partial charge is 0.465 e. The number of nitrogens with two attached hydrogens (primary N) is 1. The van der Waals surface area contributed by atoms with Gasteiger partial charge in [-0.3, -0.25) is 0 Å². The van der Waals surface area contributed by atoms with Gasteiger partial charge in [0.1, 0.15) is 0 Å². The predicted molar refractivity (Wildman–Crippen MR) is 76.8 cm³/mol. The minimum absolute atomic E-state index is 0.0803. The second kappa shape index (κ2) is 6.41. The Morgan fingerprint density at radius 3 is 2.15 bits per heavy atom. The number of methoxy groups -OCH3 is 1. The lowest BCUT2D eigenvalue weighted by Crippen LogP contribution is -2.19. The molecule has 0 fully saturated rings. The molecule has 5 nitrogen and oxygen atoms in total. The van der Waals surface area contributed by atoms with E-state index in [1.54, 1.807) is 26.0 Å². The summed E-state index contributed by atoms with van der Waals surface area (Å²) in [4.78, 5) is 24.0. The van der Waals surface area contributed by atoms with Gasteiger partial charge in [-0.1, -0.05) is 19.9 Å². The van der Waals surface area contributed by atoms with E-state index in [2.05, 4.69) is 4.74 Å². The molecule has 0 spiro atoms. The van der Waals surface area contributed by atoms with Gasteiger partial charge < -0.3 is 15.2 Å². The van der Waals surface area contributed by atoms with Crippen molar-refractivity contribution in [1.82, 2.24) is 0 Å². The zero-order valence-corrected chi connectivity index (χ0v) is 12.5. The average molecular weight is 279 g/mol. The summed E-state index contributed by atoms with van der Waals surface area (Å²) in [5.41, 5.74) is 7.32. The highest BCUT2D eigenvalue weighted by atomic mass is 16.5. The third kappa shape index (κ3) is 3.29. The second-order valence-corrected chi connectivity index (χ2v) is 5.09. The maximum Gasteiger partial charge on any atom is 0.341 e. The van der Waals surface area contributed by atoms with Crippen molar-refractivity contribution in [2.75, 3.05) is 12.8 Å². The molecule has 0 radical (unpaired) electrons. The van der Waals surface area contributed by atoms with Crippen LogP contribution < -0.4 is 5.73 Å². The first-order valence-corrected chi connectivity index (χ1v) is 6.51. The molecule has 0 heterocycles. The van der Waals surface area contributed by atoms with Gasteiger partial charge in [0.05, 0.1) is 30.0 Å². The van der Waals surface area contributed by atoms with Crippen molar-refractivity contribution in [3.8, 4) is 0 Å². The second-order valence-electron chi connectivity index (χ2n) is 5.09. The molecule has 0 amide bonds. The van der Waals surface area contributed by atoms with Crippen molar-refractivity contribution >= 4 is 17.6 Å². The van der Waals surface area contributed by atoms with Gasteiger partial charge in [-0.05, 0) is 31.4 Å². The van der Waals surface area contributed by atoms with Crippen molar-refractivity contribution in [1.29, 1.82) is 0 Å². The van der Waals surface area contributed by atoms with Gasteiger partial charge in [-0.2, -0.15) is 0 Å². The molecule has 0 unspecified atom stereocenters. The fourth-order valence-electron chi connectivity index (χ4n) is 1.91. The Bertz CT molecular complexity index is 521. The average Bonchev–Trinajstić information content (AvgIpc) is 2.35. The van der Waals surface area contributed by atoms with E-state index in [0.29, 0.717) is 0 Å². The van der Waals surface area contributed by atoms with E-state index in [0.717, 1.165) is 5.56 Å². The number of esters is 2. The molecule has 0 saturated carbocycles. The number of hydrogen-bond acceptors (Lipinski definition) is 5. The lowest BCUT2D eigenvalue weighted by Gasteiger charge is -2.17. The monoisotopic (exact) mass is 279 g/mol. The van der Waals surface area contributed by atoms with Crippen molar-refractivity contribution in [2.24, 2.45) is 0 Å². The molecular formula is C15H21NO4. The Kier molecular flexibility index (Phi) is 5.13. The molecule has 5 heteroatoms. The van der Waals surface area contributed by atoms with Crippen LogP contribution in [0.15, 0.2) is 12.1 Å². The van der Waals surface area contributed by atoms with Crippen LogP contribution in [-0.2, 0) is 9.47 Å². The van der Waals surface area contributed by atoms with Gasteiger partial charge in [0, 0.05) is 0 Å². The Morgan fingerprint density at radius 1 is 1.10 bits per heavy atom. The van der Waals surface area contributed by atoms with E-state index in [1.807, 2.05) is 13.8 Å².